The second-order valence-corrected chi connectivity index (χ2v) is 4.69. The summed E-state index contributed by atoms with van der Waals surface area (Å²) in [5.41, 5.74) is 0.645. The van der Waals surface area contributed by atoms with Crippen molar-refractivity contribution in [2.75, 3.05) is 40.3 Å². The van der Waals surface area contributed by atoms with Crippen LogP contribution in [0.15, 0.2) is 12.1 Å². The minimum atomic E-state index is -0.399. The molecule has 0 aliphatic rings. The molecule has 0 saturated carbocycles. The lowest BCUT2D eigenvalue weighted by Crippen LogP contribution is -2.24. The highest BCUT2D eigenvalue weighted by atomic mass is 35.5. The summed E-state index contributed by atoms with van der Waals surface area (Å²) >= 11 is 5.98. The first-order chi connectivity index (χ1) is 10.6. The number of halogens is 1. The summed E-state index contributed by atoms with van der Waals surface area (Å²) in [6.07, 6.45) is -0.399. The van der Waals surface area contributed by atoms with Gasteiger partial charge in [0, 0.05) is 25.7 Å². The zero-order valence-corrected chi connectivity index (χ0v) is 13.6. The number of ether oxygens (including phenoxy) is 4. The number of rotatable bonds is 7. The molecule has 0 unspecified atom stereocenters. The molecule has 0 amide bonds. The Hall–Kier alpha value is -1.83. The number of anilines is 1. The Bertz CT molecular complexity index is 650. The molecule has 0 aliphatic carbocycles. The van der Waals surface area contributed by atoms with Crippen molar-refractivity contribution >= 4 is 28.3 Å². The van der Waals surface area contributed by atoms with E-state index in [-0.39, 0.29) is 5.28 Å². The van der Waals surface area contributed by atoms with Crippen LogP contribution in [0.2, 0.25) is 5.28 Å². The van der Waals surface area contributed by atoms with E-state index in [1.807, 2.05) is 0 Å². The molecule has 0 aliphatic heterocycles. The second kappa shape index (κ2) is 7.44. The smallest absolute Gasteiger partial charge is 0.224 e. The van der Waals surface area contributed by atoms with Gasteiger partial charge in [0.25, 0.3) is 0 Å². The Kier molecular flexibility index (Phi) is 5.59. The fourth-order valence-electron chi connectivity index (χ4n) is 2.00. The van der Waals surface area contributed by atoms with E-state index in [1.165, 1.54) is 0 Å². The number of nitrogens with zero attached hydrogens (tertiary/aromatic N) is 2. The SMILES string of the molecule is COc1cc2nc(Cl)nc(NCC(OC)OC)c2cc1OC. The molecular formula is C14H18ClN3O4. The Balaban J connectivity index is 2.44. The number of benzene rings is 1. The van der Waals surface area contributed by atoms with Gasteiger partial charge in [-0.15, -0.1) is 0 Å². The number of fused-ring (bicyclic) bond motifs is 1. The van der Waals surface area contributed by atoms with Crippen molar-refractivity contribution in [1.29, 1.82) is 0 Å². The van der Waals surface area contributed by atoms with Crippen LogP contribution in [0.1, 0.15) is 0 Å². The van der Waals surface area contributed by atoms with Crippen LogP contribution in [-0.4, -0.2) is 51.2 Å². The largest absolute Gasteiger partial charge is 0.493 e. The minimum Gasteiger partial charge on any atom is -0.493 e. The molecule has 1 aromatic carbocycles. The van der Waals surface area contributed by atoms with Crippen molar-refractivity contribution in [1.82, 2.24) is 9.97 Å². The van der Waals surface area contributed by atoms with E-state index < -0.39 is 6.29 Å². The normalized spacial score (nSPS) is 11.0. The summed E-state index contributed by atoms with van der Waals surface area (Å²) in [7, 11) is 6.26. The molecule has 1 N–H and O–H groups in total. The Labute approximate surface area is 133 Å². The molecule has 0 radical (unpaired) electrons. The third kappa shape index (κ3) is 3.49. The van der Waals surface area contributed by atoms with E-state index in [2.05, 4.69) is 15.3 Å². The number of nitrogens with one attached hydrogen (secondary N) is 1. The predicted molar refractivity (Wildman–Crippen MR) is 83.9 cm³/mol. The molecule has 1 aromatic heterocycles. The van der Waals surface area contributed by atoms with Crippen LogP contribution in [0.25, 0.3) is 10.9 Å². The lowest BCUT2D eigenvalue weighted by Gasteiger charge is -2.16. The molecule has 0 bridgehead atoms. The fraction of sp³-hybridized carbons (Fsp3) is 0.429. The van der Waals surface area contributed by atoms with E-state index in [1.54, 1.807) is 40.6 Å². The second-order valence-electron chi connectivity index (χ2n) is 4.35. The Morgan fingerprint density at radius 2 is 1.68 bits per heavy atom. The molecule has 0 atom stereocenters. The molecule has 7 nitrogen and oxygen atoms in total. The summed E-state index contributed by atoms with van der Waals surface area (Å²) in [6.45, 7) is 0.407. The maximum atomic E-state index is 5.98. The van der Waals surface area contributed by atoms with Gasteiger partial charge in [0.15, 0.2) is 17.8 Å². The van der Waals surface area contributed by atoms with Crippen LogP contribution in [0.4, 0.5) is 5.82 Å². The lowest BCUT2D eigenvalue weighted by molar-refractivity contribution is -0.0914. The van der Waals surface area contributed by atoms with Crippen LogP contribution in [-0.2, 0) is 9.47 Å². The number of hydrogen-bond acceptors (Lipinski definition) is 7. The van der Waals surface area contributed by atoms with Crippen LogP contribution >= 0.6 is 11.6 Å². The fourth-order valence-corrected chi connectivity index (χ4v) is 2.18. The van der Waals surface area contributed by atoms with Crippen LogP contribution in [0.5, 0.6) is 11.5 Å². The van der Waals surface area contributed by atoms with Gasteiger partial charge >= 0.3 is 0 Å². The third-order valence-corrected chi connectivity index (χ3v) is 3.30. The number of aromatic nitrogens is 2. The van der Waals surface area contributed by atoms with E-state index >= 15 is 0 Å². The molecule has 2 aromatic rings. The first-order valence-corrected chi connectivity index (χ1v) is 6.89. The van der Waals surface area contributed by atoms with Crippen LogP contribution < -0.4 is 14.8 Å². The van der Waals surface area contributed by atoms with Crippen molar-refractivity contribution in [3.05, 3.63) is 17.4 Å². The highest BCUT2D eigenvalue weighted by Crippen LogP contribution is 2.34. The molecule has 2 rings (SSSR count). The molecule has 120 valence electrons. The highest BCUT2D eigenvalue weighted by Gasteiger charge is 2.14. The summed E-state index contributed by atoms with van der Waals surface area (Å²) in [6, 6.07) is 3.54. The molecule has 8 heteroatoms. The molecule has 0 fully saturated rings. The quantitative estimate of drug-likeness (QED) is 0.618. The minimum absolute atomic E-state index is 0.133. The van der Waals surface area contributed by atoms with E-state index in [0.29, 0.717) is 29.4 Å². The third-order valence-electron chi connectivity index (χ3n) is 3.14. The highest BCUT2D eigenvalue weighted by molar-refractivity contribution is 6.28. The monoisotopic (exact) mass is 327 g/mol. The van der Waals surface area contributed by atoms with Crippen molar-refractivity contribution in [3.8, 4) is 11.5 Å². The standard InChI is InChI=1S/C14H18ClN3O4/c1-19-10-5-8-9(6-11(10)20-2)17-14(15)18-13(8)16-7-12(21-3)22-4/h5-6,12H,7H2,1-4H3,(H,16,17,18). The van der Waals surface area contributed by atoms with E-state index in [0.717, 1.165) is 5.39 Å². The van der Waals surface area contributed by atoms with Crippen molar-refractivity contribution in [3.63, 3.8) is 0 Å². The number of methoxy groups -OCH3 is 4. The first kappa shape index (κ1) is 16.5. The first-order valence-electron chi connectivity index (χ1n) is 6.51. The van der Waals surface area contributed by atoms with Gasteiger partial charge in [-0.3, -0.25) is 0 Å². The topological polar surface area (TPSA) is 74.7 Å². The van der Waals surface area contributed by atoms with Crippen molar-refractivity contribution in [2.24, 2.45) is 0 Å². The molecule has 0 saturated heterocycles. The Morgan fingerprint density at radius 3 is 2.27 bits per heavy atom. The van der Waals surface area contributed by atoms with Gasteiger partial charge in [0.05, 0.1) is 26.3 Å². The summed E-state index contributed by atoms with van der Waals surface area (Å²) in [4.78, 5) is 8.41. The maximum Gasteiger partial charge on any atom is 0.224 e. The number of hydrogen-bond donors (Lipinski definition) is 1. The van der Waals surface area contributed by atoms with Gasteiger partial charge in [-0.05, 0) is 17.7 Å². The molecular weight excluding hydrogens is 310 g/mol. The van der Waals surface area contributed by atoms with E-state index in [9.17, 15) is 0 Å². The van der Waals surface area contributed by atoms with Gasteiger partial charge in [-0.1, -0.05) is 0 Å². The summed E-state index contributed by atoms with van der Waals surface area (Å²) in [5, 5.41) is 4.03. The summed E-state index contributed by atoms with van der Waals surface area (Å²) in [5.74, 6) is 1.72. The maximum absolute atomic E-state index is 5.98. The molecule has 22 heavy (non-hydrogen) atoms. The van der Waals surface area contributed by atoms with Crippen LogP contribution in [0, 0.1) is 0 Å². The average molecular weight is 328 g/mol. The zero-order chi connectivity index (χ0) is 16.1. The van der Waals surface area contributed by atoms with Crippen LogP contribution in [0.3, 0.4) is 0 Å². The van der Waals surface area contributed by atoms with Crippen molar-refractivity contribution < 1.29 is 18.9 Å². The average Bonchev–Trinajstić information content (AvgIpc) is 2.54. The van der Waals surface area contributed by atoms with E-state index in [4.69, 9.17) is 30.5 Å². The molecule has 0 spiro atoms. The van der Waals surface area contributed by atoms with Gasteiger partial charge in [-0.2, -0.15) is 0 Å². The lowest BCUT2D eigenvalue weighted by atomic mass is 10.2. The van der Waals surface area contributed by atoms with Gasteiger partial charge < -0.3 is 24.3 Å². The van der Waals surface area contributed by atoms with Gasteiger partial charge in [-0.25, -0.2) is 9.97 Å². The van der Waals surface area contributed by atoms with Gasteiger partial charge in [0.2, 0.25) is 5.28 Å². The predicted octanol–water partition coefficient (Wildman–Crippen LogP) is 2.33. The Morgan fingerprint density at radius 1 is 1.05 bits per heavy atom. The zero-order valence-electron chi connectivity index (χ0n) is 12.8. The summed E-state index contributed by atoms with van der Waals surface area (Å²) < 4.78 is 20.9. The van der Waals surface area contributed by atoms with Gasteiger partial charge in [0.1, 0.15) is 5.82 Å². The van der Waals surface area contributed by atoms with Crippen molar-refractivity contribution in [2.45, 2.75) is 6.29 Å². The molecule has 1 heterocycles.